The fourth-order valence-electron chi connectivity index (χ4n) is 1.34. The fourth-order valence-corrected chi connectivity index (χ4v) is 1.34. The Morgan fingerprint density at radius 3 is 2.73 bits per heavy atom. The van der Waals surface area contributed by atoms with Gasteiger partial charge in [0.05, 0.1) is 5.69 Å². The van der Waals surface area contributed by atoms with E-state index in [4.69, 9.17) is 0 Å². The van der Waals surface area contributed by atoms with Gasteiger partial charge in [-0.25, -0.2) is 4.68 Å². The fraction of sp³-hybridized carbons (Fsp3) is 0.182. The van der Waals surface area contributed by atoms with Crippen LogP contribution in [0.5, 0.6) is 5.75 Å². The largest absolute Gasteiger partial charge is 0.508 e. The van der Waals surface area contributed by atoms with Gasteiger partial charge in [-0.1, -0.05) is 6.07 Å². The van der Waals surface area contributed by atoms with E-state index in [2.05, 4.69) is 10.4 Å². The first-order chi connectivity index (χ1) is 7.20. The van der Waals surface area contributed by atoms with Crippen LogP contribution in [0, 0.1) is 6.92 Å². The van der Waals surface area contributed by atoms with Crippen LogP contribution in [0.3, 0.4) is 0 Å². The van der Waals surface area contributed by atoms with Gasteiger partial charge in [0, 0.05) is 25.4 Å². The second-order valence-corrected chi connectivity index (χ2v) is 3.37. The Balaban J connectivity index is 2.40. The highest BCUT2D eigenvalue weighted by atomic mass is 16.3. The van der Waals surface area contributed by atoms with E-state index in [0.717, 1.165) is 17.1 Å². The molecule has 1 aromatic carbocycles. The summed E-state index contributed by atoms with van der Waals surface area (Å²) in [5, 5.41) is 16.8. The third-order valence-electron chi connectivity index (χ3n) is 2.30. The van der Waals surface area contributed by atoms with Gasteiger partial charge in [-0.05, 0) is 18.6 Å². The number of aromatic hydroxyl groups is 1. The van der Waals surface area contributed by atoms with Crippen LogP contribution in [-0.2, 0) is 0 Å². The lowest BCUT2D eigenvalue weighted by atomic mass is 10.2. The Bertz CT molecular complexity index is 476. The molecule has 4 nitrogen and oxygen atoms in total. The van der Waals surface area contributed by atoms with E-state index < -0.39 is 0 Å². The maximum absolute atomic E-state index is 9.57. The molecular formula is C11H13N3O. The second kappa shape index (κ2) is 3.65. The summed E-state index contributed by atoms with van der Waals surface area (Å²) in [5.41, 5.74) is 1.71. The molecule has 2 N–H and O–H groups in total. The van der Waals surface area contributed by atoms with Crippen molar-refractivity contribution in [1.82, 2.24) is 9.78 Å². The number of benzene rings is 1. The van der Waals surface area contributed by atoms with E-state index >= 15 is 0 Å². The minimum absolute atomic E-state index is 0.286. The zero-order chi connectivity index (χ0) is 10.8. The molecule has 0 atom stereocenters. The first kappa shape index (κ1) is 9.58. The van der Waals surface area contributed by atoms with Crippen LogP contribution >= 0.6 is 0 Å². The summed E-state index contributed by atoms with van der Waals surface area (Å²) in [5.74, 6) is 1.09. The predicted octanol–water partition coefficient (Wildman–Crippen LogP) is 1.93. The first-order valence-electron chi connectivity index (χ1n) is 4.74. The van der Waals surface area contributed by atoms with Crippen molar-refractivity contribution in [2.24, 2.45) is 0 Å². The number of aryl methyl sites for hydroxylation is 1. The number of nitrogens with one attached hydrogen (secondary N) is 1. The van der Waals surface area contributed by atoms with Crippen LogP contribution in [-0.4, -0.2) is 21.9 Å². The van der Waals surface area contributed by atoms with Crippen LogP contribution in [0.1, 0.15) is 5.56 Å². The third-order valence-corrected chi connectivity index (χ3v) is 2.30. The van der Waals surface area contributed by atoms with Gasteiger partial charge in [-0.2, -0.15) is 5.10 Å². The molecule has 0 aliphatic rings. The van der Waals surface area contributed by atoms with E-state index in [1.54, 1.807) is 10.7 Å². The van der Waals surface area contributed by atoms with Crippen LogP contribution in [0.25, 0.3) is 5.69 Å². The van der Waals surface area contributed by atoms with Gasteiger partial charge >= 0.3 is 0 Å². The second-order valence-electron chi connectivity index (χ2n) is 3.37. The number of aromatic nitrogens is 2. The first-order valence-corrected chi connectivity index (χ1v) is 4.74. The van der Waals surface area contributed by atoms with Crippen LogP contribution in [0.2, 0.25) is 0 Å². The summed E-state index contributed by atoms with van der Waals surface area (Å²) in [6.07, 6.45) is 1.84. The molecule has 4 heteroatoms. The van der Waals surface area contributed by atoms with E-state index in [1.165, 1.54) is 0 Å². The van der Waals surface area contributed by atoms with Gasteiger partial charge < -0.3 is 10.4 Å². The monoisotopic (exact) mass is 203 g/mol. The van der Waals surface area contributed by atoms with E-state index in [0.29, 0.717) is 0 Å². The number of phenols is 1. The summed E-state index contributed by atoms with van der Waals surface area (Å²) >= 11 is 0. The number of phenolic OH excluding ortho intramolecular Hbond substituents is 1. The topological polar surface area (TPSA) is 50.1 Å². The molecule has 15 heavy (non-hydrogen) atoms. The normalized spacial score (nSPS) is 10.3. The lowest BCUT2D eigenvalue weighted by Crippen LogP contribution is -1.96. The Kier molecular flexibility index (Phi) is 2.33. The number of rotatable bonds is 2. The molecule has 0 saturated heterocycles. The van der Waals surface area contributed by atoms with Crippen LogP contribution in [0.4, 0.5) is 5.82 Å². The van der Waals surface area contributed by atoms with Gasteiger partial charge in [0.2, 0.25) is 0 Å². The molecule has 0 spiro atoms. The Labute approximate surface area is 88.2 Å². The predicted molar refractivity (Wildman–Crippen MR) is 59.5 cm³/mol. The Morgan fingerprint density at radius 2 is 2.13 bits per heavy atom. The van der Waals surface area contributed by atoms with E-state index in [-0.39, 0.29) is 5.75 Å². The number of hydrogen-bond donors (Lipinski definition) is 2. The quantitative estimate of drug-likeness (QED) is 0.784. The molecule has 0 amide bonds. The lowest BCUT2D eigenvalue weighted by Gasteiger charge is -2.03. The molecule has 2 rings (SSSR count). The highest BCUT2D eigenvalue weighted by Crippen LogP contribution is 2.20. The molecule has 0 bridgehead atoms. The number of anilines is 1. The molecule has 0 fully saturated rings. The van der Waals surface area contributed by atoms with Gasteiger partial charge in [0.1, 0.15) is 11.6 Å². The molecule has 0 aliphatic heterocycles. The van der Waals surface area contributed by atoms with Crippen molar-refractivity contribution in [3.05, 3.63) is 36.0 Å². The molecule has 1 aromatic heterocycles. The summed E-state index contributed by atoms with van der Waals surface area (Å²) in [6.45, 7) is 1.86. The molecule has 0 aliphatic carbocycles. The smallest absolute Gasteiger partial charge is 0.148 e. The number of hydrogen-bond acceptors (Lipinski definition) is 3. The van der Waals surface area contributed by atoms with Crippen molar-refractivity contribution in [3.63, 3.8) is 0 Å². The maximum atomic E-state index is 9.57. The SMILES string of the molecule is CNc1ccn(-c2ccc(C)c(O)c2)n1. The molecule has 0 saturated carbocycles. The highest BCUT2D eigenvalue weighted by molar-refractivity contribution is 5.44. The highest BCUT2D eigenvalue weighted by Gasteiger charge is 2.02. The summed E-state index contributed by atoms with van der Waals surface area (Å²) in [4.78, 5) is 0. The van der Waals surface area contributed by atoms with Gasteiger partial charge in [0.25, 0.3) is 0 Å². The van der Waals surface area contributed by atoms with Crippen molar-refractivity contribution < 1.29 is 5.11 Å². The lowest BCUT2D eigenvalue weighted by molar-refractivity contribution is 0.470. The minimum atomic E-state index is 0.286. The third kappa shape index (κ3) is 1.79. The minimum Gasteiger partial charge on any atom is -0.508 e. The maximum Gasteiger partial charge on any atom is 0.148 e. The average Bonchev–Trinajstić information content (AvgIpc) is 2.70. The molecule has 0 radical (unpaired) electrons. The Morgan fingerprint density at radius 1 is 1.33 bits per heavy atom. The number of nitrogens with zero attached hydrogens (tertiary/aromatic N) is 2. The molecule has 2 aromatic rings. The molecule has 1 heterocycles. The van der Waals surface area contributed by atoms with Crippen molar-refractivity contribution >= 4 is 5.82 Å². The average molecular weight is 203 g/mol. The summed E-state index contributed by atoms with van der Waals surface area (Å²) < 4.78 is 1.71. The summed E-state index contributed by atoms with van der Waals surface area (Å²) in [7, 11) is 1.82. The Hall–Kier alpha value is -1.97. The van der Waals surface area contributed by atoms with Crippen LogP contribution < -0.4 is 5.32 Å². The zero-order valence-electron chi connectivity index (χ0n) is 8.73. The zero-order valence-corrected chi connectivity index (χ0v) is 8.73. The molecule has 78 valence electrons. The molecule has 0 unspecified atom stereocenters. The standard InChI is InChI=1S/C11H13N3O/c1-8-3-4-9(7-10(8)15)14-6-5-11(12-2)13-14/h3-7,15H,1-2H3,(H,12,13). The van der Waals surface area contributed by atoms with E-state index in [1.807, 2.05) is 38.4 Å². The van der Waals surface area contributed by atoms with Crippen LogP contribution in [0.15, 0.2) is 30.5 Å². The van der Waals surface area contributed by atoms with Gasteiger partial charge in [-0.15, -0.1) is 0 Å². The molecular weight excluding hydrogens is 190 g/mol. The van der Waals surface area contributed by atoms with Gasteiger partial charge in [0.15, 0.2) is 0 Å². The van der Waals surface area contributed by atoms with Crippen molar-refractivity contribution in [1.29, 1.82) is 0 Å². The van der Waals surface area contributed by atoms with Gasteiger partial charge in [-0.3, -0.25) is 0 Å². The van der Waals surface area contributed by atoms with Crippen molar-refractivity contribution in [2.45, 2.75) is 6.92 Å². The summed E-state index contributed by atoms with van der Waals surface area (Å²) in [6, 6.07) is 7.35. The van der Waals surface area contributed by atoms with Crippen molar-refractivity contribution in [2.75, 3.05) is 12.4 Å². The van der Waals surface area contributed by atoms with Crippen molar-refractivity contribution in [3.8, 4) is 11.4 Å². The van der Waals surface area contributed by atoms with E-state index in [9.17, 15) is 5.11 Å².